The zero-order valence-corrected chi connectivity index (χ0v) is 15.3. The van der Waals surface area contributed by atoms with Crippen LogP contribution in [0.3, 0.4) is 0 Å². The molecule has 25 heavy (non-hydrogen) atoms. The van der Waals surface area contributed by atoms with Gasteiger partial charge in [0.05, 0.1) is 23.3 Å². The Kier molecular flexibility index (Phi) is 4.94. The maximum Gasteiger partial charge on any atom is 0.275 e. The summed E-state index contributed by atoms with van der Waals surface area (Å²) < 4.78 is 1.20. The van der Waals surface area contributed by atoms with Crippen LogP contribution in [0, 0.1) is 13.8 Å². The van der Waals surface area contributed by atoms with E-state index in [-0.39, 0.29) is 24.1 Å². The first-order valence-electron chi connectivity index (χ1n) is 8.17. The van der Waals surface area contributed by atoms with Crippen LogP contribution in [0.1, 0.15) is 35.0 Å². The Morgan fingerprint density at radius 1 is 1.32 bits per heavy atom. The highest BCUT2D eigenvalue weighted by molar-refractivity contribution is 7.11. The van der Waals surface area contributed by atoms with Crippen LogP contribution in [0.25, 0.3) is 10.8 Å². The molecular weight excluding hydrogens is 336 g/mol. The molecule has 1 atom stereocenters. The molecule has 1 aromatic carbocycles. The molecule has 2 aromatic heterocycles. The summed E-state index contributed by atoms with van der Waals surface area (Å²) in [7, 11) is 0. The molecule has 130 valence electrons. The fraction of sp³-hybridized carbons (Fsp3) is 0.333. The fourth-order valence-electron chi connectivity index (χ4n) is 2.60. The largest absolute Gasteiger partial charge is 0.345 e. The molecular formula is C18H20N4O2S. The number of hydrogen-bond acceptors (Lipinski definition) is 5. The van der Waals surface area contributed by atoms with E-state index in [0.717, 1.165) is 27.4 Å². The Morgan fingerprint density at radius 3 is 2.76 bits per heavy atom. The first-order valence-corrected chi connectivity index (χ1v) is 8.99. The minimum Gasteiger partial charge on any atom is -0.345 e. The van der Waals surface area contributed by atoms with E-state index in [1.165, 1.54) is 4.68 Å². The van der Waals surface area contributed by atoms with Crippen molar-refractivity contribution in [3.05, 3.63) is 56.4 Å². The van der Waals surface area contributed by atoms with Crippen LogP contribution in [0.4, 0.5) is 0 Å². The van der Waals surface area contributed by atoms with E-state index in [0.29, 0.717) is 5.39 Å². The number of thiazole rings is 1. The van der Waals surface area contributed by atoms with E-state index < -0.39 is 0 Å². The van der Waals surface area contributed by atoms with Gasteiger partial charge < -0.3 is 5.32 Å². The van der Waals surface area contributed by atoms with E-state index in [1.807, 2.05) is 32.9 Å². The predicted molar refractivity (Wildman–Crippen MR) is 98.8 cm³/mol. The molecule has 6 nitrogen and oxygen atoms in total. The molecule has 0 radical (unpaired) electrons. The Morgan fingerprint density at radius 2 is 2.08 bits per heavy atom. The number of amides is 1. The summed E-state index contributed by atoms with van der Waals surface area (Å²) in [5, 5.41) is 9.28. The first-order chi connectivity index (χ1) is 12.0. The van der Waals surface area contributed by atoms with Gasteiger partial charge in [-0.3, -0.25) is 9.59 Å². The van der Waals surface area contributed by atoms with Gasteiger partial charge in [-0.05, 0) is 26.3 Å². The van der Waals surface area contributed by atoms with Gasteiger partial charge in [0.25, 0.3) is 5.56 Å². The van der Waals surface area contributed by atoms with Crippen molar-refractivity contribution in [2.24, 2.45) is 0 Å². The minimum absolute atomic E-state index is 0.108. The predicted octanol–water partition coefficient (Wildman–Crippen LogP) is 2.74. The van der Waals surface area contributed by atoms with Gasteiger partial charge in [0, 0.05) is 10.3 Å². The van der Waals surface area contributed by atoms with Gasteiger partial charge in [-0.2, -0.15) is 5.10 Å². The Labute approximate surface area is 149 Å². The van der Waals surface area contributed by atoms with E-state index in [4.69, 9.17) is 0 Å². The van der Waals surface area contributed by atoms with Crippen LogP contribution in [0.15, 0.2) is 35.3 Å². The molecule has 1 amide bonds. The topological polar surface area (TPSA) is 76.9 Å². The lowest BCUT2D eigenvalue weighted by molar-refractivity contribution is -0.122. The monoisotopic (exact) mass is 356 g/mol. The molecule has 3 rings (SSSR count). The maximum atomic E-state index is 12.4. The number of carbonyl (C=O) groups is 1. The molecule has 0 saturated heterocycles. The van der Waals surface area contributed by atoms with E-state index in [2.05, 4.69) is 15.4 Å². The molecule has 0 saturated carbocycles. The highest BCUT2D eigenvalue weighted by atomic mass is 32.1. The van der Waals surface area contributed by atoms with Gasteiger partial charge >= 0.3 is 0 Å². The van der Waals surface area contributed by atoms with Crippen LogP contribution in [0.5, 0.6) is 0 Å². The number of nitrogens with one attached hydrogen (secondary N) is 1. The lowest BCUT2D eigenvalue weighted by Crippen LogP contribution is -2.35. The fourth-order valence-corrected chi connectivity index (χ4v) is 3.66. The van der Waals surface area contributed by atoms with Crippen LogP contribution in [-0.2, 0) is 11.3 Å². The summed E-state index contributed by atoms with van der Waals surface area (Å²) in [6, 6.07) is 7.07. The normalized spacial score (nSPS) is 12.3. The zero-order chi connectivity index (χ0) is 18.0. The SMILES string of the molecule is CC[C@H](NC(=O)Cn1ncc2ccccc2c1=O)c1nc(C)c(C)s1. The molecule has 0 unspecified atom stereocenters. The highest BCUT2D eigenvalue weighted by Crippen LogP contribution is 2.24. The van der Waals surface area contributed by atoms with Gasteiger partial charge in [-0.25, -0.2) is 9.67 Å². The van der Waals surface area contributed by atoms with Gasteiger partial charge in [-0.1, -0.05) is 25.1 Å². The van der Waals surface area contributed by atoms with Gasteiger partial charge in [-0.15, -0.1) is 11.3 Å². The van der Waals surface area contributed by atoms with Crippen LogP contribution in [-0.4, -0.2) is 20.7 Å². The third-order valence-electron chi connectivity index (χ3n) is 4.14. The second-order valence-electron chi connectivity index (χ2n) is 5.92. The van der Waals surface area contributed by atoms with Crippen LogP contribution < -0.4 is 10.9 Å². The van der Waals surface area contributed by atoms with Crippen molar-refractivity contribution in [3.63, 3.8) is 0 Å². The number of carbonyl (C=O) groups excluding carboxylic acids is 1. The number of nitrogens with zero attached hydrogens (tertiary/aromatic N) is 3. The molecule has 7 heteroatoms. The van der Waals surface area contributed by atoms with Crippen LogP contribution in [0.2, 0.25) is 0 Å². The zero-order valence-electron chi connectivity index (χ0n) is 14.4. The Bertz CT molecular complexity index is 957. The number of hydrogen-bond donors (Lipinski definition) is 1. The van der Waals surface area contributed by atoms with Crippen LogP contribution >= 0.6 is 11.3 Å². The maximum absolute atomic E-state index is 12.4. The van der Waals surface area contributed by atoms with E-state index >= 15 is 0 Å². The summed E-state index contributed by atoms with van der Waals surface area (Å²) in [5.41, 5.74) is 0.724. The summed E-state index contributed by atoms with van der Waals surface area (Å²) in [6.45, 7) is 5.87. The van der Waals surface area contributed by atoms with Gasteiger partial charge in [0.1, 0.15) is 11.6 Å². The number of aryl methyl sites for hydroxylation is 2. The quantitative estimate of drug-likeness (QED) is 0.762. The molecule has 0 aliphatic carbocycles. The molecule has 0 fully saturated rings. The summed E-state index contributed by atoms with van der Waals surface area (Å²) in [5.74, 6) is -0.248. The number of fused-ring (bicyclic) bond motifs is 1. The molecule has 2 heterocycles. The second-order valence-corrected chi connectivity index (χ2v) is 7.15. The third kappa shape index (κ3) is 3.61. The summed E-state index contributed by atoms with van der Waals surface area (Å²) >= 11 is 1.59. The van der Waals surface area contributed by atoms with Gasteiger partial charge in [0.15, 0.2) is 0 Å². The van der Waals surface area contributed by atoms with Crippen molar-refractivity contribution in [2.75, 3.05) is 0 Å². The number of rotatable bonds is 5. The standard InChI is InChI=1S/C18H20N4O2S/c1-4-15(17-20-11(2)12(3)25-17)21-16(23)10-22-18(24)14-8-6-5-7-13(14)9-19-22/h5-9,15H,4,10H2,1-3H3,(H,21,23)/t15-/m0/s1. The summed E-state index contributed by atoms with van der Waals surface area (Å²) in [4.78, 5) is 30.5. The molecule has 3 aromatic rings. The van der Waals surface area contributed by atoms with Crippen molar-refractivity contribution < 1.29 is 4.79 Å². The van der Waals surface area contributed by atoms with Gasteiger partial charge in [0.2, 0.25) is 5.91 Å². The Hall–Kier alpha value is -2.54. The van der Waals surface area contributed by atoms with Crippen molar-refractivity contribution in [1.29, 1.82) is 0 Å². The minimum atomic E-state index is -0.262. The van der Waals surface area contributed by atoms with Crippen molar-refractivity contribution in [3.8, 4) is 0 Å². The smallest absolute Gasteiger partial charge is 0.275 e. The first kappa shape index (κ1) is 17.3. The molecule has 0 spiro atoms. The molecule has 0 aliphatic rings. The lowest BCUT2D eigenvalue weighted by atomic mass is 10.2. The van der Waals surface area contributed by atoms with E-state index in [9.17, 15) is 9.59 Å². The highest BCUT2D eigenvalue weighted by Gasteiger charge is 2.18. The second kappa shape index (κ2) is 7.14. The van der Waals surface area contributed by atoms with E-state index in [1.54, 1.807) is 29.7 Å². The van der Waals surface area contributed by atoms with Crippen molar-refractivity contribution in [1.82, 2.24) is 20.1 Å². The number of benzene rings is 1. The summed E-state index contributed by atoms with van der Waals surface area (Å²) in [6.07, 6.45) is 2.34. The molecule has 1 N–H and O–H groups in total. The third-order valence-corrected chi connectivity index (χ3v) is 5.33. The molecule has 0 aliphatic heterocycles. The lowest BCUT2D eigenvalue weighted by Gasteiger charge is -2.15. The number of aromatic nitrogens is 3. The molecule has 0 bridgehead atoms. The Balaban J connectivity index is 1.78. The average Bonchev–Trinajstić information content (AvgIpc) is 2.94. The average molecular weight is 356 g/mol. The van der Waals surface area contributed by atoms with Crippen molar-refractivity contribution >= 4 is 28.0 Å². The van der Waals surface area contributed by atoms with Crippen molar-refractivity contribution in [2.45, 2.75) is 39.8 Å².